The van der Waals surface area contributed by atoms with E-state index in [1.807, 2.05) is 12.4 Å². The number of aromatic nitrogens is 1. The molecule has 17 heavy (non-hydrogen) atoms. The molecule has 0 radical (unpaired) electrons. The Bertz CT molecular complexity index is 345. The van der Waals surface area contributed by atoms with Crippen LogP contribution in [0.5, 0.6) is 0 Å². The molecular weight excluding hydrogens is 210 g/mol. The predicted octanol–water partition coefficient (Wildman–Crippen LogP) is 3.14. The summed E-state index contributed by atoms with van der Waals surface area (Å²) >= 11 is 0. The first kappa shape index (κ1) is 12.2. The van der Waals surface area contributed by atoms with Crippen LogP contribution in [0.4, 0.5) is 11.4 Å². The van der Waals surface area contributed by atoms with E-state index in [1.165, 1.54) is 31.4 Å². The van der Waals surface area contributed by atoms with Crippen LogP contribution in [0, 0.1) is 5.92 Å². The molecule has 0 saturated heterocycles. The SMILES string of the molecule is CCNc1cncc(N(C)CC2CCCC2)c1. The molecule has 0 atom stereocenters. The van der Waals surface area contributed by atoms with E-state index in [0.717, 1.165) is 24.7 Å². The number of rotatable bonds is 5. The fourth-order valence-corrected chi connectivity index (χ4v) is 2.62. The third-order valence-electron chi connectivity index (χ3n) is 3.55. The number of nitrogens with one attached hydrogen (secondary N) is 1. The Kier molecular flexibility index (Phi) is 4.24. The second-order valence-corrected chi connectivity index (χ2v) is 4.99. The van der Waals surface area contributed by atoms with Gasteiger partial charge in [-0.1, -0.05) is 12.8 Å². The van der Waals surface area contributed by atoms with E-state index in [0.29, 0.717) is 0 Å². The van der Waals surface area contributed by atoms with Gasteiger partial charge in [-0.2, -0.15) is 0 Å². The van der Waals surface area contributed by atoms with Crippen LogP contribution in [0.1, 0.15) is 32.6 Å². The van der Waals surface area contributed by atoms with Crippen molar-refractivity contribution in [1.29, 1.82) is 0 Å². The van der Waals surface area contributed by atoms with Crippen molar-refractivity contribution < 1.29 is 0 Å². The first-order valence-corrected chi connectivity index (χ1v) is 6.69. The molecule has 0 aromatic carbocycles. The van der Waals surface area contributed by atoms with E-state index < -0.39 is 0 Å². The molecule has 0 bridgehead atoms. The van der Waals surface area contributed by atoms with Crippen molar-refractivity contribution in [3.8, 4) is 0 Å². The number of anilines is 2. The first-order valence-electron chi connectivity index (χ1n) is 6.69. The minimum atomic E-state index is 0.878. The van der Waals surface area contributed by atoms with Gasteiger partial charge in [0, 0.05) is 20.1 Å². The van der Waals surface area contributed by atoms with Gasteiger partial charge in [-0.15, -0.1) is 0 Å². The van der Waals surface area contributed by atoms with Crippen LogP contribution in [0.15, 0.2) is 18.5 Å². The quantitative estimate of drug-likeness (QED) is 0.847. The molecule has 1 aliphatic rings. The molecule has 1 aliphatic carbocycles. The summed E-state index contributed by atoms with van der Waals surface area (Å²) in [7, 11) is 2.17. The predicted molar refractivity (Wildman–Crippen MR) is 73.6 cm³/mol. The van der Waals surface area contributed by atoms with E-state index in [2.05, 4.69) is 35.2 Å². The molecule has 94 valence electrons. The maximum Gasteiger partial charge on any atom is 0.0570 e. The van der Waals surface area contributed by atoms with Gasteiger partial charge in [-0.3, -0.25) is 4.98 Å². The monoisotopic (exact) mass is 233 g/mol. The molecule has 1 fully saturated rings. The van der Waals surface area contributed by atoms with Crippen molar-refractivity contribution in [1.82, 2.24) is 4.98 Å². The molecule has 0 unspecified atom stereocenters. The summed E-state index contributed by atoms with van der Waals surface area (Å²) in [4.78, 5) is 6.63. The van der Waals surface area contributed by atoms with Gasteiger partial charge in [0.15, 0.2) is 0 Å². The molecule has 0 spiro atoms. The fourth-order valence-electron chi connectivity index (χ4n) is 2.62. The fraction of sp³-hybridized carbons (Fsp3) is 0.643. The standard InChI is InChI=1S/C14H23N3/c1-3-16-13-8-14(10-15-9-13)17(2)11-12-6-4-5-7-12/h8-10,12,16H,3-7,11H2,1-2H3. The molecule has 0 amide bonds. The van der Waals surface area contributed by atoms with Gasteiger partial charge in [0.05, 0.1) is 23.8 Å². The Morgan fingerprint density at radius 2 is 2.12 bits per heavy atom. The van der Waals surface area contributed by atoms with Crippen LogP contribution in [0.2, 0.25) is 0 Å². The molecule has 2 rings (SSSR count). The van der Waals surface area contributed by atoms with E-state index in [-0.39, 0.29) is 0 Å². The van der Waals surface area contributed by atoms with Gasteiger partial charge in [0.1, 0.15) is 0 Å². The zero-order valence-corrected chi connectivity index (χ0v) is 10.9. The summed E-state index contributed by atoms with van der Waals surface area (Å²) < 4.78 is 0. The van der Waals surface area contributed by atoms with Crippen LogP contribution >= 0.6 is 0 Å². The van der Waals surface area contributed by atoms with Gasteiger partial charge in [-0.25, -0.2) is 0 Å². The second-order valence-electron chi connectivity index (χ2n) is 4.99. The molecule has 1 aromatic rings. The lowest BCUT2D eigenvalue weighted by atomic mass is 10.1. The lowest BCUT2D eigenvalue weighted by molar-refractivity contribution is 0.547. The minimum Gasteiger partial charge on any atom is -0.384 e. The summed E-state index contributed by atoms with van der Waals surface area (Å²) in [5, 5.41) is 3.31. The Hall–Kier alpha value is -1.25. The Balaban J connectivity index is 1.97. The third-order valence-corrected chi connectivity index (χ3v) is 3.55. The van der Waals surface area contributed by atoms with Crippen LogP contribution in [0.25, 0.3) is 0 Å². The Labute approximate surface area is 104 Å². The van der Waals surface area contributed by atoms with E-state index >= 15 is 0 Å². The summed E-state index contributed by atoms with van der Waals surface area (Å²) in [6, 6.07) is 2.19. The van der Waals surface area contributed by atoms with Crippen molar-refractivity contribution in [2.45, 2.75) is 32.6 Å². The summed E-state index contributed by atoms with van der Waals surface area (Å²) in [6.45, 7) is 4.21. The molecule has 1 saturated carbocycles. The van der Waals surface area contributed by atoms with E-state index in [1.54, 1.807) is 0 Å². The highest BCUT2D eigenvalue weighted by Crippen LogP contribution is 2.27. The Morgan fingerprint density at radius 1 is 1.35 bits per heavy atom. The topological polar surface area (TPSA) is 28.2 Å². The Morgan fingerprint density at radius 3 is 2.82 bits per heavy atom. The summed E-state index contributed by atoms with van der Waals surface area (Å²) in [5.74, 6) is 0.878. The van der Waals surface area contributed by atoms with Gasteiger partial charge < -0.3 is 10.2 Å². The van der Waals surface area contributed by atoms with Crippen molar-refractivity contribution in [2.75, 3.05) is 30.4 Å². The maximum absolute atomic E-state index is 4.29. The zero-order chi connectivity index (χ0) is 12.1. The smallest absolute Gasteiger partial charge is 0.0570 e. The zero-order valence-electron chi connectivity index (χ0n) is 10.9. The lowest BCUT2D eigenvalue weighted by Gasteiger charge is -2.23. The summed E-state index contributed by atoms with van der Waals surface area (Å²) in [6.07, 6.45) is 9.45. The average molecular weight is 233 g/mol. The molecule has 3 heteroatoms. The van der Waals surface area contributed by atoms with Crippen molar-refractivity contribution >= 4 is 11.4 Å². The lowest BCUT2D eigenvalue weighted by Crippen LogP contribution is -2.24. The van der Waals surface area contributed by atoms with Crippen LogP contribution < -0.4 is 10.2 Å². The summed E-state index contributed by atoms with van der Waals surface area (Å²) in [5.41, 5.74) is 2.33. The van der Waals surface area contributed by atoms with Crippen molar-refractivity contribution in [3.63, 3.8) is 0 Å². The molecule has 0 aliphatic heterocycles. The van der Waals surface area contributed by atoms with Crippen molar-refractivity contribution in [2.24, 2.45) is 5.92 Å². The van der Waals surface area contributed by atoms with Gasteiger partial charge in [0.25, 0.3) is 0 Å². The number of hydrogen-bond donors (Lipinski definition) is 1. The third kappa shape index (κ3) is 3.35. The minimum absolute atomic E-state index is 0.878. The molecular formula is C14H23N3. The number of hydrogen-bond acceptors (Lipinski definition) is 3. The largest absolute Gasteiger partial charge is 0.384 e. The van der Waals surface area contributed by atoms with Gasteiger partial charge in [-0.05, 0) is 31.7 Å². The van der Waals surface area contributed by atoms with Crippen LogP contribution in [-0.2, 0) is 0 Å². The second kappa shape index (κ2) is 5.89. The molecule has 1 N–H and O–H groups in total. The van der Waals surface area contributed by atoms with Crippen LogP contribution in [0.3, 0.4) is 0 Å². The average Bonchev–Trinajstić information content (AvgIpc) is 2.83. The van der Waals surface area contributed by atoms with Gasteiger partial charge >= 0.3 is 0 Å². The van der Waals surface area contributed by atoms with Gasteiger partial charge in [0.2, 0.25) is 0 Å². The first-order chi connectivity index (χ1) is 8.29. The molecule has 1 aromatic heterocycles. The normalized spacial score (nSPS) is 16.1. The highest BCUT2D eigenvalue weighted by molar-refractivity contribution is 5.55. The molecule has 1 heterocycles. The van der Waals surface area contributed by atoms with Crippen molar-refractivity contribution in [3.05, 3.63) is 18.5 Å². The number of pyridine rings is 1. The maximum atomic E-state index is 4.29. The molecule has 3 nitrogen and oxygen atoms in total. The highest BCUT2D eigenvalue weighted by atomic mass is 15.1. The highest BCUT2D eigenvalue weighted by Gasteiger charge is 2.17. The van der Waals surface area contributed by atoms with E-state index in [9.17, 15) is 0 Å². The van der Waals surface area contributed by atoms with Crippen LogP contribution in [-0.4, -0.2) is 25.1 Å². The van der Waals surface area contributed by atoms with E-state index in [4.69, 9.17) is 0 Å². The number of nitrogens with zero attached hydrogens (tertiary/aromatic N) is 2.